The van der Waals surface area contributed by atoms with Gasteiger partial charge in [-0.1, -0.05) is 29.8 Å². The fourth-order valence-corrected chi connectivity index (χ4v) is 4.43. The van der Waals surface area contributed by atoms with Crippen LogP contribution in [0.5, 0.6) is 5.75 Å². The molecule has 1 heterocycles. The summed E-state index contributed by atoms with van der Waals surface area (Å²) >= 11 is 4.94. The monoisotopic (exact) mass is 536 g/mol. The molecule has 8 heteroatoms. The molecule has 1 amide bonds. The van der Waals surface area contributed by atoms with Gasteiger partial charge in [-0.15, -0.1) is 11.3 Å². The van der Waals surface area contributed by atoms with Crippen molar-refractivity contribution < 1.29 is 21.9 Å². The fraction of sp³-hybridized carbons (Fsp3) is 0.333. The number of hydrogen-bond donors (Lipinski definition) is 0. The topological polar surface area (TPSA) is 45.7 Å². The summed E-state index contributed by atoms with van der Waals surface area (Å²) in [6.45, 7) is 7.92. The van der Waals surface area contributed by atoms with Crippen LogP contribution in [-0.2, 0) is 0 Å². The van der Waals surface area contributed by atoms with E-state index in [1.165, 1.54) is 11.3 Å². The molecule has 3 rings (SSSR count). The number of halogens is 2. The second kappa shape index (κ2) is 12.9. The lowest BCUT2D eigenvalue weighted by molar-refractivity contribution is -0.0000142. The Bertz CT molecular complexity index is 976. The van der Waals surface area contributed by atoms with Crippen LogP contribution in [0.2, 0.25) is 0 Å². The maximum atomic E-state index is 13.3. The van der Waals surface area contributed by atoms with Crippen LogP contribution in [-0.4, -0.2) is 49.1 Å². The normalized spacial score (nSPS) is 10.7. The van der Waals surface area contributed by atoms with Crippen LogP contribution in [0.1, 0.15) is 30.6 Å². The van der Waals surface area contributed by atoms with Crippen molar-refractivity contribution >= 4 is 38.3 Å². The van der Waals surface area contributed by atoms with Crippen LogP contribution in [0, 0.1) is 0 Å². The molecule has 0 radical (unpaired) electrons. The first kappa shape index (κ1) is 26.3. The van der Waals surface area contributed by atoms with Gasteiger partial charge in [0.25, 0.3) is 5.91 Å². The molecule has 32 heavy (non-hydrogen) atoms. The van der Waals surface area contributed by atoms with Gasteiger partial charge < -0.3 is 22.0 Å². The first-order valence-corrected chi connectivity index (χ1v) is 12.1. The second-order valence-electron chi connectivity index (χ2n) is 7.09. The molecule has 3 aromatic rings. The molecular weight excluding hydrogens is 510 g/mol. The van der Waals surface area contributed by atoms with Crippen molar-refractivity contribution in [2.24, 2.45) is 0 Å². The van der Waals surface area contributed by atoms with Crippen molar-refractivity contribution in [3.8, 4) is 17.0 Å². The summed E-state index contributed by atoms with van der Waals surface area (Å²) < 4.78 is 6.19. The van der Waals surface area contributed by atoms with Crippen LogP contribution in [0.15, 0.2) is 58.4 Å². The SMILES string of the molecule is CCN(CC)CCCN(C(=O)c1ccc(Br)cc1)c1nc(-c2ccc(OC)cc2)cs1.[Cl-]. The van der Waals surface area contributed by atoms with E-state index in [1.54, 1.807) is 7.11 Å². The maximum Gasteiger partial charge on any atom is 0.260 e. The molecule has 1 aromatic heterocycles. The number of rotatable bonds is 10. The van der Waals surface area contributed by atoms with Crippen LogP contribution < -0.4 is 22.0 Å². The van der Waals surface area contributed by atoms with E-state index in [0.717, 1.165) is 52.7 Å². The lowest BCUT2D eigenvalue weighted by atomic mass is 10.2. The molecule has 0 atom stereocenters. The minimum atomic E-state index is -0.0253. The number of aromatic nitrogens is 1. The summed E-state index contributed by atoms with van der Waals surface area (Å²) in [5.41, 5.74) is 2.52. The number of thiazole rings is 1. The van der Waals surface area contributed by atoms with Crippen LogP contribution in [0.4, 0.5) is 5.13 Å². The third-order valence-electron chi connectivity index (χ3n) is 5.20. The molecule has 0 aliphatic carbocycles. The van der Waals surface area contributed by atoms with E-state index in [4.69, 9.17) is 9.72 Å². The number of hydrogen-bond acceptors (Lipinski definition) is 5. The summed E-state index contributed by atoms with van der Waals surface area (Å²) in [7, 11) is 1.65. The Labute approximate surface area is 209 Å². The summed E-state index contributed by atoms with van der Waals surface area (Å²) in [5, 5.41) is 2.72. The standard InChI is InChI=1S/C24H28BrN3O2S.ClH/c1-4-27(5-2)15-6-16-28(23(29)19-7-11-20(25)12-8-19)24-26-22(17-31-24)18-9-13-21(30-3)14-10-18;/h7-14,17H,4-6,15-16H2,1-3H3;1H/p-1. The molecule has 0 saturated carbocycles. The second-order valence-corrected chi connectivity index (χ2v) is 8.84. The molecular formula is C24H28BrClN3O2S-. The van der Waals surface area contributed by atoms with E-state index in [-0.39, 0.29) is 18.3 Å². The maximum absolute atomic E-state index is 13.3. The minimum Gasteiger partial charge on any atom is -1.00 e. The zero-order chi connectivity index (χ0) is 22.2. The smallest absolute Gasteiger partial charge is 0.260 e. The summed E-state index contributed by atoms with van der Waals surface area (Å²) in [5.74, 6) is 0.783. The highest BCUT2D eigenvalue weighted by Gasteiger charge is 2.21. The zero-order valence-electron chi connectivity index (χ0n) is 18.6. The van der Waals surface area contributed by atoms with Gasteiger partial charge in [0, 0.05) is 27.5 Å². The lowest BCUT2D eigenvalue weighted by Crippen LogP contribution is -3.00. The van der Waals surface area contributed by atoms with Gasteiger partial charge in [-0.25, -0.2) is 4.98 Å². The van der Waals surface area contributed by atoms with Crippen LogP contribution in [0.3, 0.4) is 0 Å². The van der Waals surface area contributed by atoms with Gasteiger partial charge in [-0.3, -0.25) is 9.69 Å². The number of anilines is 1. The number of amides is 1. The Balaban J connectivity index is 0.00000363. The fourth-order valence-electron chi connectivity index (χ4n) is 3.31. The lowest BCUT2D eigenvalue weighted by Gasteiger charge is -2.23. The molecule has 0 aliphatic heterocycles. The average Bonchev–Trinajstić information content (AvgIpc) is 3.29. The van der Waals surface area contributed by atoms with Gasteiger partial charge in [-0.2, -0.15) is 0 Å². The Hall–Kier alpha value is -1.93. The van der Waals surface area contributed by atoms with Crippen molar-refractivity contribution in [2.45, 2.75) is 20.3 Å². The molecule has 0 fully saturated rings. The van der Waals surface area contributed by atoms with Crippen molar-refractivity contribution in [3.05, 3.63) is 63.9 Å². The average molecular weight is 538 g/mol. The predicted molar refractivity (Wildman–Crippen MR) is 132 cm³/mol. The van der Waals surface area contributed by atoms with E-state index in [0.29, 0.717) is 12.1 Å². The third-order valence-corrected chi connectivity index (χ3v) is 6.59. The highest BCUT2D eigenvalue weighted by Crippen LogP contribution is 2.30. The summed E-state index contributed by atoms with van der Waals surface area (Å²) in [6.07, 6.45) is 0.890. The number of carbonyl (C=O) groups excluding carboxylic acids is 1. The number of nitrogens with zero attached hydrogens (tertiary/aromatic N) is 3. The molecule has 5 nitrogen and oxygen atoms in total. The first-order chi connectivity index (χ1) is 15.0. The van der Waals surface area contributed by atoms with E-state index >= 15 is 0 Å². The first-order valence-electron chi connectivity index (χ1n) is 10.5. The molecule has 0 bridgehead atoms. The molecule has 172 valence electrons. The van der Waals surface area contributed by atoms with E-state index < -0.39 is 0 Å². The predicted octanol–water partition coefficient (Wildman–Crippen LogP) is 2.96. The molecule has 0 N–H and O–H groups in total. The van der Waals surface area contributed by atoms with E-state index in [2.05, 4.69) is 34.7 Å². The Morgan fingerprint density at radius 2 is 1.69 bits per heavy atom. The van der Waals surface area contributed by atoms with Gasteiger partial charge >= 0.3 is 0 Å². The Morgan fingerprint density at radius 3 is 2.28 bits per heavy atom. The van der Waals surface area contributed by atoms with Gasteiger partial charge in [-0.05, 0) is 74.6 Å². The molecule has 0 saturated heterocycles. The van der Waals surface area contributed by atoms with E-state index in [1.807, 2.05) is 58.8 Å². The van der Waals surface area contributed by atoms with Crippen molar-refractivity contribution in [2.75, 3.05) is 38.2 Å². The number of methoxy groups -OCH3 is 1. The number of carbonyl (C=O) groups is 1. The summed E-state index contributed by atoms with van der Waals surface area (Å²) in [6, 6.07) is 15.3. The van der Waals surface area contributed by atoms with Gasteiger partial charge in [0.05, 0.1) is 12.8 Å². The molecule has 0 unspecified atom stereocenters. The highest BCUT2D eigenvalue weighted by atomic mass is 79.9. The van der Waals surface area contributed by atoms with Crippen molar-refractivity contribution in [1.29, 1.82) is 0 Å². The van der Waals surface area contributed by atoms with Crippen LogP contribution >= 0.6 is 27.3 Å². The number of benzene rings is 2. The molecule has 0 aliphatic rings. The van der Waals surface area contributed by atoms with Gasteiger partial charge in [0.2, 0.25) is 0 Å². The Kier molecular flexibility index (Phi) is 10.6. The molecule has 2 aromatic carbocycles. The minimum absolute atomic E-state index is 0. The zero-order valence-corrected chi connectivity index (χ0v) is 21.7. The number of ether oxygens (including phenoxy) is 1. The quantitative estimate of drug-likeness (QED) is 0.399. The van der Waals surface area contributed by atoms with E-state index in [9.17, 15) is 4.79 Å². The van der Waals surface area contributed by atoms with Crippen molar-refractivity contribution in [3.63, 3.8) is 0 Å². The third kappa shape index (κ3) is 6.78. The Morgan fingerprint density at radius 1 is 1.03 bits per heavy atom. The summed E-state index contributed by atoms with van der Waals surface area (Å²) in [4.78, 5) is 22.3. The largest absolute Gasteiger partial charge is 1.00 e. The van der Waals surface area contributed by atoms with Crippen LogP contribution in [0.25, 0.3) is 11.3 Å². The van der Waals surface area contributed by atoms with Gasteiger partial charge in [0.15, 0.2) is 5.13 Å². The van der Waals surface area contributed by atoms with Crippen molar-refractivity contribution in [1.82, 2.24) is 9.88 Å². The van der Waals surface area contributed by atoms with Gasteiger partial charge in [0.1, 0.15) is 5.75 Å². The molecule has 0 spiro atoms. The highest BCUT2D eigenvalue weighted by molar-refractivity contribution is 9.10.